The number of carboxylic acid groups (broad SMARTS) is 1. The summed E-state index contributed by atoms with van der Waals surface area (Å²) in [6.07, 6.45) is -0.404. The van der Waals surface area contributed by atoms with Gasteiger partial charge in [0.05, 0.1) is 19.1 Å². The minimum atomic E-state index is -1.05. The Balaban J connectivity index is 2.02. The van der Waals surface area contributed by atoms with Crippen LogP contribution in [0.1, 0.15) is 23.2 Å². The predicted molar refractivity (Wildman–Crippen MR) is 97.3 cm³/mol. The average Bonchev–Trinajstić information content (AvgIpc) is 2.60. The van der Waals surface area contributed by atoms with Crippen LogP contribution in [0.4, 0.5) is 17.1 Å². The van der Waals surface area contributed by atoms with Crippen molar-refractivity contribution in [3.8, 4) is 5.75 Å². The van der Waals surface area contributed by atoms with Crippen LogP contribution >= 0.6 is 0 Å². The molecule has 0 unspecified atom stereocenters. The van der Waals surface area contributed by atoms with Gasteiger partial charge in [0.15, 0.2) is 0 Å². The fourth-order valence-electron chi connectivity index (χ4n) is 2.16. The second-order valence-corrected chi connectivity index (χ2v) is 5.43. The lowest BCUT2D eigenvalue weighted by Crippen LogP contribution is -2.16. The van der Waals surface area contributed by atoms with Crippen LogP contribution < -0.4 is 21.1 Å². The van der Waals surface area contributed by atoms with Crippen LogP contribution in [-0.4, -0.2) is 30.0 Å². The fourth-order valence-corrected chi connectivity index (χ4v) is 2.16. The van der Waals surface area contributed by atoms with Crippen molar-refractivity contribution < 1.29 is 24.2 Å². The van der Waals surface area contributed by atoms with Gasteiger partial charge in [0.2, 0.25) is 5.91 Å². The number of nitrogens with two attached hydrogens (primary N) is 1. The number of methoxy groups -OCH3 is 1. The smallest absolute Gasteiger partial charge is 0.303 e. The summed E-state index contributed by atoms with van der Waals surface area (Å²) in [5, 5.41) is 13.8. The van der Waals surface area contributed by atoms with Gasteiger partial charge in [0.25, 0.3) is 5.91 Å². The summed E-state index contributed by atoms with van der Waals surface area (Å²) in [5.41, 5.74) is 7.31. The second-order valence-electron chi connectivity index (χ2n) is 5.43. The topological polar surface area (TPSA) is 131 Å². The Kier molecular flexibility index (Phi) is 6.15. The number of amides is 2. The molecule has 0 spiro atoms. The molecule has 2 aromatic rings. The van der Waals surface area contributed by atoms with E-state index in [0.29, 0.717) is 17.1 Å². The molecular weight excluding hydrogens is 338 g/mol. The van der Waals surface area contributed by atoms with Gasteiger partial charge >= 0.3 is 5.97 Å². The van der Waals surface area contributed by atoms with Crippen LogP contribution in [0.2, 0.25) is 0 Å². The molecule has 2 aromatic carbocycles. The quantitative estimate of drug-likeness (QED) is 0.563. The number of anilines is 3. The van der Waals surface area contributed by atoms with Gasteiger partial charge in [-0.3, -0.25) is 14.4 Å². The van der Waals surface area contributed by atoms with Crippen molar-refractivity contribution >= 4 is 34.8 Å². The first-order valence-corrected chi connectivity index (χ1v) is 7.75. The molecule has 0 fully saturated rings. The van der Waals surface area contributed by atoms with E-state index in [1.165, 1.54) is 18.2 Å². The van der Waals surface area contributed by atoms with E-state index < -0.39 is 17.8 Å². The van der Waals surface area contributed by atoms with Crippen LogP contribution in [0.15, 0.2) is 42.5 Å². The van der Waals surface area contributed by atoms with Crippen LogP contribution in [-0.2, 0) is 9.59 Å². The molecular formula is C18H19N3O5. The Hall–Kier alpha value is -3.55. The first kappa shape index (κ1) is 18.8. The molecule has 0 aliphatic carbocycles. The summed E-state index contributed by atoms with van der Waals surface area (Å²) in [4.78, 5) is 34.4. The van der Waals surface area contributed by atoms with Crippen molar-refractivity contribution in [3.63, 3.8) is 0 Å². The largest absolute Gasteiger partial charge is 0.497 e. The van der Waals surface area contributed by atoms with Gasteiger partial charge in [-0.1, -0.05) is 0 Å². The molecule has 0 atom stereocenters. The number of hydrogen-bond acceptors (Lipinski definition) is 5. The molecule has 0 aliphatic heterocycles. The Bertz CT molecular complexity index is 818. The molecule has 0 aliphatic rings. The number of carboxylic acids is 1. The third-order valence-corrected chi connectivity index (χ3v) is 3.49. The number of ether oxygens (including phenoxy) is 1. The predicted octanol–water partition coefficient (Wildman–Crippen LogP) is 2.33. The highest BCUT2D eigenvalue weighted by atomic mass is 16.5. The molecule has 0 bridgehead atoms. The van der Waals surface area contributed by atoms with Gasteiger partial charge in [-0.05, 0) is 42.5 Å². The summed E-state index contributed by atoms with van der Waals surface area (Å²) >= 11 is 0. The maximum atomic E-state index is 12.3. The molecule has 8 heteroatoms. The maximum Gasteiger partial charge on any atom is 0.303 e. The lowest BCUT2D eigenvalue weighted by Gasteiger charge is -2.10. The standard InChI is InChI=1S/C18H19N3O5/c1-26-13-5-2-11(3-6-13)21-18(25)14-7-4-12(10-15(14)19)20-16(22)8-9-17(23)24/h2-7,10H,8-9,19H2,1H3,(H,20,22)(H,21,25)(H,23,24). The Morgan fingerprint density at radius 1 is 1.00 bits per heavy atom. The highest BCUT2D eigenvalue weighted by Gasteiger charge is 2.12. The van der Waals surface area contributed by atoms with Gasteiger partial charge in [0, 0.05) is 23.5 Å². The van der Waals surface area contributed by atoms with Gasteiger partial charge in [-0.2, -0.15) is 0 Å². The Morgan fingerprint density at radius 2 is 1.65 bits per heavy atom. The van der Waals surface area contributed by atoms with E-state index in [9.17, 15) is 14.4 Å². The number of carbonyl (C=O) groups is 3. The van der Waals surface area contributed by atoms with E-state index in [0.717, 1.165) is 0 Å². The zero-order valence-electron chi connectivity index (χ0n) is 14.1. The normalized spacial score (nSPS) is 10.0. The molecule has 0 heterocycles. The maximum absolute atomic E-state index is 12.3. The van der Waals surface area contributed by atoms with Crippen molar-refractivity contribution in [1.82, 2.24) is 0 Å². The van der Waals surface area contributed by atoms with Crippen LogP contribution in [0.5, 0.6) is 5.75 Å². The Morgan fingerprint density at radius 3 is 2.23 bits per heavy atom. The molecule has 5 N–H and O–H groups in total. The lowest BCUT2D eigenvalue weighted by molar-refractivity contribution is -0.138. The summed E-state index contributed by atoms with van der Waals surface area (Å²) in [6.45, 7) is 0. The molecule has 2 amide bonds. The van der Waals surface area contributed by atoms with Gasteiger partial charge < -0.3 is 26.2 Å². The number of aliphatic carboxylic acids is 1. The number of carbonyl (C=O) groups excluding carboxylic acids is 2. The lowest BCUT2D eigenvalue weighted by atomic mass is 10.1. The molecule has 0 saturated heterocycles. The van der Waals surface area contributed by atoms with E-state index in [1.807, 2.05) is 0 Å². The van der Waals surface area contributed by atoms with Crippen molar-refractivity contribution in [3.05, 3.63) is 48.0 Å². The average molecular weight is 357 g/mol. The number of nitrogen functional groups attached to an aromatic ring is 1. The van der Waals surface area contributed by atoms with Crippen molar-refractivity contribution in [2.24, 2.45) is 0 Å². The first-order chi connectivity index (χ1) is 12.4. The van der Waals surface area contributed by atoms with Gasteiger partial charge in [-0.25, -0.2) is 0 Å². The third-order valence-electron chi connectivity index (χ3n) is 3.49. The number of rotatable bonds is 7. The zero-order valence-corrected chi connectivity index (χ0v) is 14.1. The highest BCUT2D eigenvalue weighted by Crippen LogP contribution is 2.21. The minimum absolute atomic E-state index is 0.144. The number of benzene rings is 2. The second kappa shape index (κ2) is 8.52. The van der Waals surface area contributed by atoms with Crippen molar-refractivity contribution in [2.75, 3.05) is 23.5 Å². The molecule has 8 nitrogen and oxygen atoms in total. The van der Waals surface area contributed by atoms with Crippen LogP contribution in [0.25, 0.3) is 0 Å². The molecule has 2 rings (SSSR count). The monoisotopic (exact) mass is 357 g/mol. The van der Waals surface area contributed by atoms with E-state index >= 15 is 0 Å². The van der Waals surface area contributed by atoms with E-state index in [-0.39, 0.29) is 24.1 Å². The third kappa shape index (κ3) is 5.23. The summed E-state index contributed by atoms with van der Waals surface area (Å²) in [7, 11) is 1.55. The van der Waals surface area contributed by atoms with Crippen molar-refractivity contribution in [1.29, 1.82) is 0 Å². The highest BCUT2D eigenvalue weighted by molar-refractivity contribution is 6.08. The number of hydrogen-bond donors (Lipinski definition) is 4. The zero-order chi connectivity index (χ0) is 19.1. The number of nitrogens with one attached hydrogen (secondary N) is 2. The van der Waals surface area contributed by atoms with Crippen LogP contribution in [0, 0.1) is 0 Å². The van der Waals surface area contributed by atoms with Gasteiger partial charge in [-0.15, -0.1) is 0 Å². The molecule has 136 valence electrons. The van der Waals surface area contributed by atoms with E-state index in [1.54, 1.807) is 31.4 Å². The summed E-state index contributed by atoms with van der Waals surface area (Å²) < 4.78 is 5.05. The summed E-state index contributed by atoms with van der Waals surface area (Å²) in [6, 6.07) is 11.3. The SMILES string of the molecule is COc1ccc(NC(=O)c2ccc(NC(=O)CCC(=O)O)cc2N)cc1. The molecule has 0 aromatic heterocycles. The fraction of sp³-hybridized carbons (Fsp3) is 0.167. The van der Waals surface area contributed by atoms with E-state index in [4.69, 9.17) is 15.6 Å². The van der Waals surface area contributed by atoms with E-state index in [2.05, 4.69) is 10.6 Å². The van der Waals surface area contributed by atoms with Crippen molar-refractivity contribution in [2.45, 2.75) is 12.8 Å². The summed E-state index contributed by atoms with van der Waals surface area (Å²) in [5.74, 6) is -1.21. The molecule has 26 heavy (non-hydrogen) atoms. The Labute approximate surface area is 150 Å². The molecule has 0 saturated carbocycles. The van der Waals surface area contributed by atoms with Crippen LogP contribution in [0.3, 0.4) is 0 Å². The minimum Gasteiger partial charge on any atom is -0.497 e. The first-order valence-electron chi connectivity index (χ1n) is 7.75. The molecule has 0 radical (unpaired) electrons. The van der Waals surface area contributed by atoms with Gasteiger partial charge in [0.1, 0.15) is 5.75 Å².